The van der Waals surface area contributed by atoms with Crippen LogP contribution in [0.15, 0.2) is 42.5 Å². The number of rotatable bonds is 6. The summed E-state index contributed by atoms with van der Waals surface area (Å²) >= 11 is 0. The van der Waals surface area contributed by atoms with Crippen molar-refractivity contribution in [3.63, 3.8) is 0 Å². The molecule has 1 fully saturated rings. The molecular formula is C26H32N4O3. The van der Waals surface area contributed by atoms with Crippen molar-refractivity contribution < 1.29 is 14.4 Å². The minimum absolute atomic E-state index is 0.0491. The van der Waals surface area contributed by atoms with E-state index < -0.39 is 11.5 Å². The molecule has 2 aliphatic rings. The number of anilines is 2. The Hall–Kier alpha value is -3.19. The van der Waals surface area contributed by atoms with E-state index in [2.05, 4.69) is 48.9 Å². The Balaban J connectivity index is 1.46. The Kier molecular flexibility index (Phi) is 6.01. The lowest BCUT2D eigenvalue weighted by atomic mass is 9.78. The number of carbonyl (C=O) groups is 3. The zero-order valence-corrected chi connectivity index (χ0v) is 19.5. The van der Waals surface area contributed by atoms with Gasteiger partial charge < -0.3 is 21.7 Å². The molecule has 7 nitrogen and oxygen atoms in total. The maximum absolute atomic E-state index is 13.0. The van der Waals surface area contributed by atoms with Crippen LogP contribution in [-0.4, -0.2) is 30.3 Å². The zero-order valence-electron chi connectivity index (χ0n) is 19.5. The normalized spacial score (nSPS) is 21.7. The van der Waals surface area contributed by atoms with E-state index in [0.717, 1.165) is 23.2 Å². The molecule has 2 aromatic rings. The standard InChI is InChI=1S/C26H32N4O3/c1-25(2,3)13-17-6-10-20-19(12-17)26(24(33)30-20)14-21(28-15-26)23(32)29-18-8-4-16(5-9-18)7-11-22(27)31/h4-6,8-10,12,21,28H,7,11,13-15H2,1-3H3,(H2,27,31)(H,29,32)(H,30,33). The largest absolute Gasteiger partial charge is 0.370 e. The van der Waals surface area contributed by atoms with Crippen molar-refractivity contribution >= 4 is 29.1 Å². The van der Waals surface area contributed by atoms with Gasteiger partial charge in [0.05, 0.1) is 11.5 Å². The number of primary amides is 1. The highest BCUT2D eigenvalue weighted by molar-refractivity contribution is 6.08. The minimum atomic E-state index is -0.732. The third-order valence-electron chi connectivity index (χ3n) is 6.42. The van der Waals surface area contributed by atoms with E-state index >= 15 is 0 Å². The highest BCUT2D eigenvalue weighted by atomic mass is 16.2. The molecule has 0 radical (unpaired) electrons. The monoisotopic (exact) mass is 448 g/mol. The van der Waals surface area contributed by atoms with E-state index in [1.807, 2.05) is 30.3 Å². The number of hydrogen-bond donors (Lipinski definition) is 4. The molecule has 2 unspecified atom stereocenters. The molecular weight excluding hydrogens is 416 g/mol. The van der Waals surface area contributed by atoms with Crippen LogP contribution in [0.4, 0.5) is 11.4 Å². The van der Waals surface area contributed by atoms with E-state index in [0.29, 0.717) is 31.5 Å². The summed E-state index contributed by atoms with van der Waals surface area (Å²) < 4.78 is 0. The number of amides is 3. The van der Waals surface area contributed by atoms with E-state index in [4.69, 9.17) is 5.73 Å². The average molecular weight is 449 g/mol. The van der Waals surface area contributed by atoms with E-state index in [-0.39, 0.29) is 23.1 Å². The highest BCUT2D eigenvalue weighted by Gasteiger charge is 2.53. The fourth-order valence-electron chi connectivity index (χ4n) is 4.79. The maximum Gasteiger partial charge on any atom is 0.241 e. The number of aryl methyl sites for hydroxylation is 1. The molecule has 7 heteroatoms. The smallest absolute Gasteiger partial charge is 0.241 e. The fourth-order valence-corrected chi connectivity index (χ4v) is 4.79. The average Bonchev–Trinajstić information content (AvgIpc) is 3.30. The summed E-state index contributed by atoms with van der Waals surface area (Å²) in [5.74, 6) is -0.549. The molecule has 2 atom stereocenters. The van der Waals surface area contributed by atoms with Gasteiger partial charge in [0.25, 0.3) is 0 Å². The van der Waals surface area contributed by atoms with Crippen molar-refractivity contribution in [2.24, 2.45) is 11.1 Å². The zero-order chi connectivity index (χ0) is 23.8. The molecule has 0 aliphatic carbocycles. The third-order valence-corrected chi connectivity index (χ3v) is 6.42. The predicted octanol–water partition coefficient (Wildman–Crippen LogP) is 2.88. The molecule has 4 rings (SSSR count). The van der Waals surface area contributed by atoms with Gasteiger partial charge in [0.1, 0.15) is 0 Å². The first kappa shape index (κ1) is 23.0. The molecule has 5 N–H and O–H groups in total. The highest BCUT2D eigenvalue weighted by Crippen LogP contribution is 2.44. The van der Waals surface area contributed by atoms with Crippen LogP contribution in [0.5, 0.6) is 0 Å². The quantitative estimate of drug-likeness (QED) is 0.544. The Bertz CT molecular complexity index is 1090. The van der Waals surface area contributed by atoms with Gasteiger partial charge in [0.15, 0.2) is 0 Å². The number of hydrogen-bond acceptors (Lipinski definition) is 4. The first-order valence-electron chi connectivity index (χ1n) is 11.4. The van der Waals surface area contributed by atoms with Crippen molar-refractivity contribution in [3.05, 3.63) is 59.2 Å². The maximum atomic E-state index is 13.0. The summed E-state index contributed by atoms with van der Waals surface area (Å²) in [5.41, 5.74) is 9.28. The van der Waals surface area contributed by atoms with Crippen LogP contribution in [0.3, 0.4) is 0 Å². The predicted molar refractivity (Wildman–Crippen MR) is 129 cm³/mol. The molecule has 174 valence electrons. The molecule has 0 saturated carbocycles. The van der Waals surface area contributed by atoms with Crippen LogP contribution in [0.1, 0.15) is 50.3 Å². The van der Waals surface area contributed by atoms with Gasteiger partial charge in [0.2, 0.25) is 17.7 Å². The Morgan fingerprint density at radius 3 is 2.48 bits per heavy atom. The second kappa shape index (κ2) is 8.63. The minimum Gasteiger partial charge on any atom is -0.370 e. The summed E-state index contributed by atoms with van der Waals surface area (Å²) in [4.78, 5) is 36.9. The molecule has 2 heterocycles. The second-order valence-corrected chi connectivity index (χ2v) is 10.4. The first-order chi connectivity index (χ1) is 15.6. The lowest BCUT2D eigenvalue weighted by Crippen LogP contribution is -2.36. The topological polar surface area (TPSA) is 113 Å². The summed E-state index contributed by atoms with van der Waals surface area (Å²) in [5, 5.41) is 9.22. The number of nitrogens with two attached hydrogens (primary N) is 1. The van der Waals surface area contributed by atoms with E-state index in [9.17, 15) is 14.4 Å². The van der Waals surface area contributed by atoms with Crippen LogP contribution < -0.4 is 21.7 Å². The fraction of sp³-hybridized carbons (Fsp3) is 0.423. The van der Waals surface area contributed by atoms with Crippen LogP contribution in [0, 0.1) is 5.41 Å². The summed E-state index contributed by atoms with van der Waals surface area (Å²) in [6.45, 7) is 7.01. The van der Waals surface area contributed by atoms with E-state index in [1.165, 1.54) is 5.56 Å². The van der Waals surface area contributed by atoms with E-state index in [1.54, 1.807) is 0 Å². The Labute approximate surface area is 194 Å². The van der Waals surface area contributed by atoms with Crippen molar-refractivity contribution in [3.8, 4) is 0 Å². The summed E-state index contributed by atoms with van der Waals surface area (Å²) in [7, 11) is 0. The van der Waals surface area contributed by atoms with Crippen molar-refractivity contribution in [1.82, 2.24) is 5.32 Å². The molecule has 1 saturated heterocycles. The number of carbonyl (C=O) groups excluding carboxylic acids is 3. The number of fused-ring (bicyclic) bond motifs is 2. The van der Waals surface area contributed by atoms with Gasteiger partial charge in [-0.1, -0.05) is 45.0 Å². The van der Waals surface area contributed by atoms with Gasteiger partial charge in [-0.05, 0) is 59.6 Å². The molecule has 33 heavy (non-hydrogen) atoms. The lowest BCUT2D eigenvalue weighted by molar-refractivity contribution is -0.120. The SMILES string of the molecule is CC(C)(C)Cc1ccc2c(c1)C1(CNC(C(=O)Nc3ccc(CCC(N)=O)cc3)C1)C(=O)N2. The third kappa shape index (κ3) is 4.93. The summed E-state index contributed by atoms with van der Waals surface area (Å²) in [6, 6.07) is 13.1. The molecule has 3 amide bonds. The molecule has 2 aliphatic heterocycles. The lowest BCUT2D eigenvalue weighted by Gasteiger charge is -2.23. The van der Waals surface area contributed by atoms with Crippen molar-refractivity contribution in [2.45, 2.75) is 57.9 Å². The van der Waals surface area contributed by atoms with Gasteiger partial charge >= 0.3 is 0 Å². The van der Waals surface area contributed by atoms with Crippen molar-refractivity contribution in [1.29, 1.82) is 0 Å². The van der Waals surface area contributed by atoms with Gasteiger partial charge in [-0.15, -0.1) is 0 Å². The van der Waals surface area contributed by atoms with Crippen LogP contribution in [0.2, 0.25) is 0 Å². The molecule has 2 aromatic carbocycles. The van der Waals surface area contributed by atoms with Gasteiger partial charge in [-0.2, -0.15) is 0 Å². The van der Waals surface area contributed by atoms with Crippen LogP contribution in [0.25, 0.3) is 0 Å². The van der Waals surface area contributed by atoms with Crippen molar-refractivity contribution in [2.75, 3.05) is 17.2 Å². The Morgan fingerprint density at radius 1 is 1.12 bits per heavy atom. The van der Waals surface area contributed by atoms with Gasteiger partial charge in [-0.25, -0.2) is 0 Å². The number of benzene rings is 2. The second-order valence-electron chi connectivity index (χ2n) is 10.4. The Morgan fingerprint density at radius 2 is 1.82 bits per heavy atom. The molecule has 0 aromatic heterocycles. The molecule has 1 spiro atoms. The first-order valence-corrected chi connectivity index (χ1v) is 11.4. The van der Waals surface area contributed by atoms with Crippen LogP contribution >= 0.6 is 0 Å². The summed E-state index contributed by atoms with van der Waals surface area (Å²) in [6.07, 6.45) is 2.19. The number of nitrogens with one attached hydrogen (secondary N) is 3. The van der Waals surface area contributed by atoms with Gasteiger partial charge in [0, 0.05) is 24.3 Å². The molecule has 0 bridgehead atoms. The van der Waals surface area contributed by atoms with Gasteiger partial charge in [-0.3, -0.25) is 14.4 Å². The van der Waals surface area contributed by atoms with Crippen LogP contribution in [-0.2, 0) is 32.6 Å².